The van der Waals surface area contributed by atoms with Gasteiger partial charge in [0.15, 0.2) is 0 Å². The normalized spacial score (nSPS) is 35.0. The van der Waals surface area contributed by atoms with Crippen molar-refractivity contribution in [1.82, 2.24) is 10.6 Å². The maximum absolute atomic E-state index is 12.0. The fourth-order valence-electron chi connectivity index (χ4n) is 4.90. The van der Waals surface area contributed by atoms with Crippen LogP contribution in [0.1, 0.15) is 64.7 Å². The van der Waals surface area contributed by atoms with Crippen LogP contribution in [0.2, 0.25) is 0 Å². The van der Waals surface area contributed by atoms with Crippen LogP contribution in [0.25, 0.3) is 0 Å². The summed E-state index contributed by atoms with van der Waals surface area (Å²) in [5, 5.41) is 6.30. The molecule has 0 aromatic heterocycles. The predicted octanol–water partition coefficient (Wildman–Crippen LogP) is 3.69. The van der Waals surface area contributed by atoms with Crippen molar-refractivity contribution in [2.45, 2.75) is 70.8 Å². The van der Waals surface area contributed by atoms with Gasteiger partial charge in [0.05, 0.1) is 0 Å². The highest BCUT2D eigenvalue weighted by Gasteiger charge is 2.42. The number of carbonyl (C=O) groups is 1. The maximum Gasteiger partial charge on any atom is 0.315 e. The Morgan fingerprint density at radius 2 is 1.90 bits per heavy atom. The van der Waals surface area contributed by atoms with Gasteiger partial charge in [-0.3, -0.25) is 0 Å². The lowest BCUT2D eigenvalue weighted by molar-refractivity contribution is 0.217. The largest absolute Gasteiger partial charge is 0.338 e. The van der Waals surface area contributed by atoms with Crippen LogP contribution in [-0.4, -0.2) is 18.6 Å². The molecule has 0 radical (unpaired) electrons. The summed E-state index contributed by atoms with van der Waals surface area (Å²) in [7, 11) is 0. The Morgan fingerprint density at radius 3 is 2.55 bits per heavy atom. The monoisotopic (exact) mass is 278 g/mol. The van der Waals surface area contributed by atoms with Crippen molar-refractivity contribution in [1.29, 1.82) is 0 Å². The molecular weight excluding hydrogens is 248 g/mol. The maximum atomic E-state index is 12.0. The van der Waals surface area contributed by atoms with Gasteiger partial charge in [0.25, 0.3) is 0 Å². The Labute approximate surface area is 123 Å². The van der Waals surface area contributed by atoms with E-state index in [1.807, 2.05) is 0 Å². The Balaban J connectivity index is 1.37. The van der Waals surface area contributed by atoms with Crippen molar-refractivity contribution in [3.63, 3.8) is 0 Å². The zero-order chi connectivity index (χ0) is 13.9. The van der Waals surface area contributed by atoms with Crippen molar-refractivity contribution in [3.8, 4) is 0 Å². The number of urea groups is 1. The molecule has 4 unspecified atom stereocenters. The van der Waals surface area contributed by atoms with Crippen molar-refractivity contribution in [3.05, 3.63) is 0 Å². The van der Waals surface area contributed by atoms with Crippen LogP contribution in [0.5, 0.6) is 0 Å². The van der Waals surface area contributed by atoms with Crippen molar-refractivity contribution in [2.24, 2.45) is 23.7 Å². The molecule has 3 saturated carbocycles. The topological polar surface area (TPSA) is 41.1 Å². The van der Waals surface area contributed by atoms with Crippen molar-refractivity contribution < 1.29 is 4.79 Å². The fraction of sp³-hybridized carbons (Fsp3) is 0.941. The van der Waals surface area contributed by atoms with E-state index in [0.717, 1.165) is 24.3 Å². The minimum absolute atomic E-state index is 0.0610. The summed E-state index contributed by atoms with van der Waals surface area (Å²) in [6, 6.07) is 0.405. The molecule has 3 fully saturated rings. The van der Waals surface area contributed by atoms with E-state index in [-0.39, 0.29) is 6.03 Å². The van der Waals surface area contributed by atoms with Gasteiger partial charge < -0.3 is 10.6 Å². The second kappa shape index (κ2) is 6.36. The smallest absolute Gasteiger partial charge is 0.315 e. The van der Waals surface area contributed by atoms with E-state index in [4.69, 9.17) is 0 Å². The molecule has 0 aromatic rings. The summed E-state index contributed by atoms with van der Waals surface area (Å²) in [5.74, 6) is 3.29. The van der Waals surface area contributed by atoms with Gasteiger partial charge in [0.1, 0.15) is 0 Å². The van der Waals surface area contributed by atoms with E-state index < -0.39 is 0 Å². The van der Waals surface area contributed by atoms with E-state index in [0.29, 0.717) is 12.0 Å². The molecule has 4 atom stereocenters. The molecule has 114 valence electrons. The zero-order valence-electron chi connectivity index (χ0n) is 12.9. The molecule has 2 amide bonds. The fourth-order valence-corrected chi connectivity index (χ4v) is 4.90. The van der Waals surface area contributed by atoms with Gasteiger partial charge in [0, 0.05) is 12.6 Å². The molecule has 0 aromatic carbocycles. The standard InChI is InChI=1S/C17H30N2O/c1-12(16-10-14-7-8-15(16)9-14)19-17(20)18-11-13-5-3-2-4-6-13/h12-16H,2-11H2,1H3,(H2,18,19,20). The molecule has 3 aliphatic carbocycles. The van der Waals surface area contributed by atoms with Crippen LogP contribution < -0.4 is 10.6 Å². The third-order valence-corrected chi connectivity index (χ3v) is 6.07. The summed E-state index contributed by atoms with van der Waals surface area (Å²) in [5.41, 5.74) is 0. The molecule has 2 N–H and O–H groups in total. The van der Waals surface area contributed by atoms with Crippen molar-refractivity contribution in [2.75, 3.05) is 6.54 Å². The molecule has 3 heteroatoms. The van der Waals surface area contributed by atoms with E-state index in [1.165, 1.54) is 57.8 Å². The van der Waals surface area contributed by atoms with Gasteiger partial charge in [-0.25, -0.2) is 4.79 Å². The highest BCUT2D eigenvalue weighted by Crippen LogP contribution is 2.49. The van der Waals surface area contributed by atoms with Crippen LogP contribution in [0.3, 0.4) is 0 Å². The second-order valence-electron chi connectivity index (χ2n) is 7.49. The third-order valence-electron chi connectivity index (χ3n) is 6.07. The Bertz CT molecular complexity index is 338. The van der Waals surface area contributed by atoms with Crippen LogP contribution in [0.4, 0.5) is 4.79 Å². The van der Waals surface area contributed by atoms with Crippen LogP contribution in [0.15, 0.2) is 0 Å². The first-order valence-electron chi connectivity index (χ1n) is 8.76. The van der Waals surface area contributed by atoms with Crippen LogP contribution in [0, 0.1) is 23.7 Å². The zero-order valence-corrected chi connectivity index (χ0v) is 12.9. The Hall–Kier alpha value is -0.730. The predicted molar refractivity (Wildman–Crippen MR) is 81.5 cm³/mol. The summed E-state index contributed by atoms with van der Waals surface area (Å²) in [6.07, 6.45) is 12.2. The molecule has 3 aliphatic rings. The average molecular weight is 278 g/mol. The lowest BCUT2D eigenvalue weighted by Crippen LogP contribution is -2.46. The molecule has 3 nitrogen and oxygen atoms in total. The number of carbonyl (C=O) groups excluding carboxylic acids is 1. The molecular formula is C17H30N2O. The molecule has 20 heavy (non-hydrogen) atoms. The van der Waals surface area contributed by atoms with E-state index in [2.05, 4.69) is 17.6 Å². The van der Waals surface area contributed by atoms with Crippen LogP contribution >= 0.6 is 0 Å². The number of amides is 2. The number of hydrogen-bond donors (Lipinski definition) is 2. The lowest BCUT2D eigenvalue weighted by Gasteiger charge is -2.29. The van der Waals surface area contributed by atoms with E-state index in [9.17, 15) is 4.79 Å². The quantitative estimate of drug-likeness (QED) is 0.809. The van der Waals surface area contributed by atoms with Gasteiger partial charge in [-0.15, -0.1) is 0 Å². The van der Waals surface area contributed by atoms with Gasteiger partial charge >= 0.3 is 6.03 Å². The summed E-state index contributed by atoms with van der Waals surface area (Å²) < 4.78 is 0. The van der Waals surface area contributed by atoms with Gasteiger partial charge in [-0.1, -0.05) is 25.7 Å². The van der Waals surface area contributed by atoms with Crippen molar-refractivity contribution >= 4 is 6.03 Å². The number of fused-ring (bicyclic) bond motifs is 2. The molecule has 0 spiro atoms. The minimum Gasteiger partial charge on any atom is -0.338 e. The van der Waals surface area contributed by atoms with E-state index in [1.54, 1.807) is 0 Å². The minimum atomic E-state index is 0.0610. The van der Waals surface area contributed by atoms with E-state index >= 15 is 0 Å². The SMILES string of the molecule is CC(NC(=O)NCC1CCCCC1)C1CC2CCC1C2. The third kappa shape index (κ3) is 3.29. The van der Waals surface area contributed by atoms with Gasteiger partial charge in [-0.2, -0.15) is 0 Å². The molecule has 2 bridgehead atoms. The molecule has 0 saturated heterocycles. The average Bonchev–Trinajstić information content (AvgIpc) is 3.09. The summed E-state index contributed by atoms with van der Waals surface area (Å²) >= 11 is 0. The number of nitrogens with one attached hydrogen (secondary N) is 2. The molecule has 0 aliphatic heterocycles. The van der Waals surface area contributed by atoms with Crippen LogP contribution in [-0.2, 0) is 0 Å². The first-order valence-corrected chi connectivity index (χ1v) is 8.76. The van der Waals surface area contributed by atoms with Gasteiger partial charge in [0.2, 0.25) is 0 Å². The number of hydrogen-bond acceptors (Lipinski definition) is 1. The second-order valence-corrected chi connectivity index (χ2v) is 7.49. The molecule has 3 rings (SSSR count). The lowest BCUT2D eigenvalue weighted by atomic mass is 9.84. The molecule has 0 heterocycles. The first kappa shape index (κ1) is 14.2. The van der Waals surface area contributed by atoms with Gasteiger partial charge in [-0.05, 0) is 62.7 Å². The Kier molecular flexibility index (Phi) is 4.52. The summed E-state index contributed by atoms with van der Waals surface area (Å²) in [4.78, 5) is 12.0. The highest BCUT2D eigenvalue weighted by atomic mass is 16.2. The highest BCUT2D eigenvalue weighted by molar-refractivity contribution is 5.74. The summed E-state index contributed by atoms with van der Waals surface area (Å²) in [6.45, 7) is 3.07. The Morgan fingerprint density at radius 1 is 1.10 bits per heavy atom. The first-order chi connectivity index (χ1) is 9.72. The number of rotatable bonds is 4.